The molecule has 1 aliphatic heterocycles. The number of likely N-dealkylation sites (tertiary alicyclic amines) is 1. The summed E-state index contributed by atoms with van der Waals surface area (Å²) in [4.78, 5) is 14.6. The number of nitrogens with zero attached hydrogens (tertiary/aromatic N) is 1. The highest BCUT2D eigenvalue weighted by molar-refractivity contribution is 5.82. The number of carbonyl (C=O) groups is 1. The van der Waals surface area contributed by atoms with Crippen LogP contribution in [-0.2, 0) is 4.79 Å². The molecule has 0 unspecified atom stereocenters. The van der Waals surface area contributed by atoms with Crippen LogP contribution in [0.2, 0.25) is 0 Å². The molecule has 0 aromatic heterocycles. The van der Waals surface area contributed by atoms with Crippen molar-refractivity contribution >= 4 is 5.91 Å². The quantitative estimate of drug-likeness (QED) is 0.717. The molecule has 1 amide bonds. The summed E-state index contributed by atoms with van der Waals surface area (Å²) in [5.41, 5.74) is 0.423. The Morgan fingerprint density at radius 1 is 1.47 bits per heavy atom. The number of rotatable bonds is 7. The fraction of sp³-hybridized carbons (Fsp3) is 0.812. The topological polar surface area (TPSA) is 32.3 Å². The van der Waals surface area contributed by atoms with Gasteiger partial charge >= 0.3 is 0 Å². The van der Waals surface area contributed by atoms with Crippen molar-refractivity contribution in [2.75, 3.05) is 19.6 Å². The van der Waals surface area contributed by atoms with Crippen LogP contribution >= 0.6 is 0 Å². The third kappa shape index (κ3) is 3.38. The maximum atomic E-state index is 12.3. The normalized spacial score (nSPS) is 25.8. The Balaban J connectivity index is 1.81. The van der Waals surface area contributed by atoms with Crippen molar-refractivity contribution in [3.8, 4) is 0 Å². The summed E-state index contributed by atoms with van der Waals surface area (Å²) in [5.74, 6) is 0.238. The van der Waals surface area contributed by atoms with E-state index in [-0.39, 0.29) is 11.9 Å². The third-order valence-corrected chi connectivity index (χ3v) is 4.86. The molecule has 1 saturated carbocycles. The van der Waals surface area contributed by atoms with E-state index in [0.29, 0.717) is 5.41 Å². The Kier molecular flexibility index (Phi) is 5.03. The van der Waals surface area contributed by atoms with E-state index >= 15 is 0 Å². The lowest BCUT2D eigenvalue weighted by molar-refractivity contribution is -0.126. The molecule has 0 radical (unpaired) electrons. The van der Waals surface area contributed by atoms with E-state index in [0.717, 1.165) is 32.5 Å². The minimum atomic E-state index is 0.0803. The van der Waals surface area contributed by atoms with Crippen LogP contribution in [-0.4, -0.2) is 36.5 Å². The molecule has 0 aromatic carbocycles. The minimum absolute atomic E-state index is 0.0803. The SMILES string of the molecule is C=CCN1CCC[C@H]1C(=O)NCC1(CCC)CCC1. The van der Waals surface area contributed by atoms with Crippen LogP contribution in [0.5, 0.6) is 0 Å². The van der Waals surface area contributed by atoms with Gasteiger partial charge in [0.15, 0.2) is 0 Å². The van der Waals surface area contributed by atoms with Crippen LogP contribution in [0.15, 0.2) is 12.7 Å². The zero-order valence-electron chi connectivity index (χ0n) is 12.3. The molecule has 2 rings (SSSR count). The average Bonchev–Trinajstić information content (AvgIpc) is 2.81. The molecule has 3 nitrogen and oxygen atoms in total. The van der Waals surface area contributed by atoms with Crippen molar-refractivity contribution in [2.45, 2.75) is 57.9 Å². The van der Waals surface area contributed by atoms with Gasteiger partial charge < -0.3 is 5.32 Å². The van der Waals surface area contributed by atoms with Crippen molar-refractivity contribution in [3.63, 3.8) is 0 Å². The Bertz CT molecular complexity index is 323. The second-order valence-electron chi connectivity index (χ2n) is 6.26. The van der Waals surface area contributed by atoms with Gasteiger partial charge in [-0.25, -0.2) is 0 Å². The summed E-state index contributed by atoms with van der Waals surface area (Å²) in [7, 11) is 0. The highest BCUT2D eigenvalue weighted by Gasteiger charge is 2.37. The van der Waals surface area contributed by atoms with Crippen molar-refractivity contribution in [1.82, 2.24) is 10.2 Å². The zero-order chi connectivity index (χ0) is 13.7. The van der Waals surface area contributed by atoms with Crippen molar-refractivity contribution in [3.05, 3.63) is 12.7 Å². The molecule has 0 aromatic rings. The predicted octanol–water partition coefficient (Wildman–Crippen LogP) is 2.72. The van der Waals surface area contributed by atoms with Gasteiger partial charge in [-0.1, -0.05) is 25.8 Å². The van der Waals surface area contributed by atoms with E-state index in [1.807, 2.05) is 6.08 Å². The van der Waals surface area contributed by atoms with Gasteiger partial charge in [0.05, 0.1) is 6.04 Å². The predicted molar refractivity (Wildman–Crippen MR) is 79.0 cm³/mol. The highest BCUT2D eigenvalue weighted by Crippen LogP contribution is 2.44. The molecule has 1 saturated heterocycles. The fourth-order valence-corrected chi connectivity index (χ4v) is 3.62. The van der Waals surface area contributed by atoms with Crippen LogP contribution in [0.4, 0.5) is 0 Å². The highest BCUT2D eigenvalue weighted by atomic mass is 16.2. The van der Waals surface area contributed by atoms with E-state index in [1.165, 1.54) is 32.1 Å². The van der Waals surface area contributed by atoms with Crippen molar-refractivity contribution < 1.29 is 4.79 Å². The van der Waals surface area contributed by atoms with E-state index < -0.39 is 0 Å². The fourth-order valence-electron chi connectivity index (χ4n) is 3.62. The molecular weight excluding hydrogens is 236 g/mol. The maximum absolute atomic E-state index is 12.3. The lowest BCUT2D eigenvalue weighted by Gasteiger charge is -2.42. The molecular formula is C16H28N2O. The van der Waals surface area contributed by atoms with Gasteiger partial charge in [-0.2, -0.15) is 0 Å². The summed E-state index contributed by atoms with van der Waals surface area (Å²) < 4.78 is 0. The molecule has 2 fully saturated rings. The van der Waals surface area contributed by atoms with Gasteiger partial charge in [0.25, 0.3) is 0 Å². The van der Waals surface area contributed by atoms with Crippen LogP contribution in [0.3, 0.4) is 0 Å². The van der Waals surface area contributed by atoms with E-state index in [9.17, 15) is 4.79 Å². The van der Waals surface area contributed by atoms with E-state index in [1.54, 1.807) is 0 Å². The monoisotopic (exact) mass is 264 g/mol. The molecule has 1 N–H and O–H groups in total. The summed E-state index contributed by atoms with van der Waals surface area (Å²) in [5, 5.41) is 3.23. The molecule has 2 aliphatic rings. The van der Waals surface area contributed by atoms with Crippen LogP contribution in [0, 0.1) is 5.41 Å². The van der Waals surface area contributed by atoms with Gasteiger partial charge in [0, 0.05) is 13.1 Å². The number of hydrogen-bond donors (Lipinski definition) is 1. The van der Waals surface area contributed by atoms with Crippen LogP contribution in [0.1, 0.15) is 51.9 Å². The standard InChI is InChI=1S/C16H28N2O/c1-3-8-16(9-6-10-16)13-17-15(19)14-7-5-12-18(14)11-4-2/h4,14H,2-3,5-13H2,1H3,(H,17,19)/t14-/m0/s1. The molecule has 108 valence electrons. The number of nitrogens with one attached hydrogen (secondary N) is 1. The van der Waals surface area contributed by atoms with E-state index in [4.69, 9.17) is 0 Å². The molecule has 3 heteroatoms. The Morgan fingerprint density at radius 3 is 2.84 bits per heavy atom. The molecule has 19 heavy (non-hydrogen) atoms. The van der Waals surface area contributed by atoms with Gasteiger partial charge in [0.2, 0.25) is 5.91 Å². The molecule has 0 spiro atoms. The molecule has 1 aliphatic carbocycles. The zero-order valence-corrected chi connectivity index (χ0v) is 12.3. The van der Waals surface area contributed by atoms with Gasteiger partial charge in [-0.15, -0.1) is 6.58 Å². The smallest absolute Gasteiger partial charge is 0.237 e. The first-order valence-electron chi connectivity index (χ1n) is 7.83. The first kappa shape index (κ1) is 14.6. The second kappa shape index (κ2) is 6.56. The van der Waals surface area contributed by atoms with Crippen LogP contribution < -0.4 is 5.32 Å². The van der Waals surface area contributed by atoms with E-state index in [2.05, 4.69) is 23.7 Å². The van der Waals surface area contributed by atoms with Gasteiger partial charge in [0.1, 0.15) is 0 Å². The Morgan fingerprint density at radius 2 is 2.26 bits per heavy atom. The number of carbonyl (C=O) groups excluding carboxylic acids is 1. The van der Waals surface area contributed by atoms with Gasteiger partial charge in [-0.05, 0) is 44.1 Å². The maximum Gasteiger partial charge on any atom is 0.237 e. The number of hydrogen-bond acceptors (Lipinski definition) is 2. The summed E-state index contributed by atoms with van der Waals surface area (Å²) >= 11 is 0. The Hall–Kier alpha value is -0.830. The summed E-state index contributed by atoms with van der Waals surface area (Å²) in [6.45, 7) is 8.77. The van der Waals surface area contributed by atoms with Gasteiger partial charge in [-0.3, -0.25) is 9.69 Å². The van der Waals surface area contributed by atoms with Crippen LogP contribution in [0.25, 0.3) is 0 Å². The minimum Gasteiger partial charge on any atom is -0.354 e. The lowest BCUT2D eigenvalue weighted by Crippen LogP contribution is -2.48. The molecule has 1 heterocycles. The first-order valence-corrected chi connectivity index (χ1v) is 7.83. The summed E-state index contributed by atoms with van der Waals surface area (Å²) in [6.07, 6.45) is 10.4. The number of amides is 1. The average molecular weight is 264 g/mol. The summed E-state index contributed by atoms with van der Waals surface area (Å²) in [6, 6.07) is 0.0803. The van der Waals surface area contributed by atoms with Crippen molar-refractivity contribution in [1.29, 1.82) is 0 Å². The first-order chi connectivity index (χ1) is 9.21. The molecule has 1 atom stereocenters. The Labute approximate surface area is 117 Å². The lowest BCUT2D eigenvalue weighted by atomic mass is 9.66. The third-order valence-electron chi connectivity index (χ3n) is 4.86. The van der Waals surface area contributed by atoms with Crippen molar-refractivity contribution in [2.24, 2.45) is 5.41 Å². The second-order valence-corrected chi connectivity index (χ2v) is 6.26. The molecule has 0 bridgehead atoms. The largest absolute Gasteiger partial charge is 0.354 e.